The van der Waals surface area contributed by atoms with Gasteiger partial charge < -0.3 is 24.6 Å². The van der Waals surface area contributed by atoms with Crippen molar-refractivity contribution in [2.75, 3.05) is 57.5 Å². The molecule has 2 saturated heterocycles. The first-order chi connectivity index (χ1) is 26.7. The number of halogens is 2. The maximum Gasteiger partial charge on any atom is 0.255 e. The predicted octanol–water partition coefficient (Wildman–Crippen LogP) is 5.42. The molecule has 1 unspecified atom stereocenters. The maximum atomic E-state index is 13.7. The number of methoxy groups -OCH3 is 1. The zero-order chi connectivity index (χ0) is 38.5. The van der Waals surface area contributed by atoms with Gasteiger partial charge >= 0.3 is 0 Å². The van der Waals surface area contributed by atoms with Crippen molar-refractivity contribution < 1.29 is 33.0 Å². The van der Waals surface area contributed by atoms with Gasteiger partial charge in [0, 0.05) is 79.7 Å². The average Bonchev–Trinajstić information content (AvgIpc) is 3.52. The van der Waals surface area contributed by atoms with Gasteiger partial charge in [-0.3, -0.25) is 29.4 Å². The molecule has 4 amide bonds. The van der Waals surface area contributed by atoms with E-state index in [1.165, 1.54) is 18.5 Å². The molecular weight excluding hydrogens is 749 g/mol. The summed E-state index contributed by atoms with van der Waals surface area (Å²) in [5.74, 6) is 1.07. The average molecular weight is 790 g/mol. The van der Waals surface area contributed by atoms with Gasteiger partial charge in [-0.2, -0.15) is 0 Å². The number of imide groups is 1. The number of ether oxygens (including phenoxy) is 2. The lowest BCUT2D eigenvalue weighted by Crippen LogP contribution is -2.52. The number of fused-ring (bicyclic) bond motifs is 2. The molecule has 0 saturated carbocycles. The molecule has 7 rings (SSSR count). The first kappa shape index (κ1) is 38.3. The number of hydrogen-bond donors (Lipinski definition) is 2. The van der Waals surface area contributed by atoms with Gasteiger partial charge in [-0.15, -0.1) is 11.8 Å². The molecule has 0 spiro atoms. The van der Waals surface area contributed by atoms with Crippen molar-refractivity contribution in [1.29, 1.82) is 0 Å². The molecule has 3 aliphatic heterocycles. The maximum absolute atomic E-state index is 13.7. The molecule has 4 heterocycles. The Bertz CT molecular complexity index is 2120. The molecule has 1 atom stereocenters. The van der Waals surface area contributed by atoms with Gasteiger partial charge in [0.25, 0.3) is 5.91 Å². The Morgan fingerprint density at radius 1 is 1.05 bits per heavy atom. The molecule has 0 radical (unpaired) electrons. The van der Waals surface area contributed by atoms with E-state index in [9.17, 15) is 23.6 Å². The van der Waals surface area contributed by atoms with Gasteiger partial charge in [0.15, 0.2) is 11.5 Å². The van der Waals surface area contributed by atoms with Gasteiger partial charge in [-0.05, 0) is 67.0 Å². The predicted molar refractivity (Wildman–Crippen MR) is 206 cm³/mol. The Morgan fingerprint density at radius 3 is 2.67 bits per heavy atom. The number of piperidine rings is 1. The topological polar surface area (TPSA) is 146 Å². The summed E-state index contributed by atoms with van der Waals surface area (Å²) in [4.78, 5) is 65.8. The van der Waals surface area contributed by atoms with E-state index in [4.69, 9.17) is 21.1 Å². The molecule has 2 fully saturated rings. The Balaban J connectivity index is 0.834. The second-order valence-corrected chi connectivity index (χ2v) is 15.1. The Hall–Kier alpha value is -4.99. The Morgan fingerprint density at radius 2 is 1.89 bits per heavy atom. The van der Waals surface area contributed by atoms with Crippen LogP contribution in [0.1, 0.15) is 48.0 Å². The molecule has 3 aliphatic rings. The highest BCUT2D eigenvalue weighted by Crippen LogP contribution is 2.36. The van der Waals surface area contributed by atoms with Crippen LogP contribution in [0.25, 0.3) is 10.9 Å². The number of rotatable bonds is 14. The summed E-state index contributed by atoms with van der Waals surface area (Å²) in [6.45, 7) is 4.52. The standard InChI is InChI=1S/C39H41ClFN7O6S/c1-53-32-21-30-26(37(43-23-42-30)44-24-8-9-29(41)28(40)19-24)20-33(32)54-17-4-12-46-13-15-47(16-14-46)36(50)7-3-18-55-34-6-2-5-25-27(34)22-48(39(25)52)31-10-11-35(49)45-38(31)51/h2,5-6,8-9,19-21,23,31H,3-4,7,10-18,22H2,1H3,(H,42,43,44)(H,45,49,51). The molecule has 0 aliphatic carbocycles. The summed E-state index contributed by atoms with van der Waals surface area (Å²) < 4.78 is 25.4. The minimum atomic E-state index is -0.646. The zero-order valence-corrected chi connectivity index (χ0v) is 31.9. The van der Waals surface area contributed by atoms with Crippen LogP contribution < -0.4 is 20.1 Å². The lowest BCUT2D eigenvalue weighted by molar-refractivity contribution is -0.137. The zero-order valence-electron chi connectivity index (χ0n) is 30.3. The molecule has 4 aromatic rings. The monoisotopic (exact) mass is 789 g/mol. The van der Waals surface area contributed by atoms with E-state index < -0.39 is 17.8 Å². The van der Waals surface area contributed by atoms with Crippen LogP contribution in [-0.4, -0.2) is 107 Å². The van der Waals surface area contributed by atoms with Crippen LogP contribution in [0.5, 0.6) is 11.5 Å². The van der Waals surface area contributed by atoms with Crippen molar-refractivity contribution in [1.82, 2.24) is 30.0 Å². The largest absolute Gasteiger partial charge is 0.493 e. The third kappa shape index (κ3) is 8.79. The highest BCUT2D eigenvalue weighted by molar-refractivity contribution is 7.99. The summed E-state index contributed by atoms with van der Waals surface area (Å²) in [5.41, 5.74) is 2.73. The van der Waals surface area contributed by atoms with Crippen LogP contribution >= 0.6 is 23.4 Å². The lowest BCUT2D eigenvalue weighted by atomic mass is 10.0. The molecule has 1 aromatic heterocycles. The first-order valence-corrected chi connectivity index (χ1v) is 19.6. The van der Waals surface area contributed by atoms with E-state index in [0.717, 1.165) is 42.3 Å². The third-order valence-corrected chi connectivity index (χ3v) is 11.5. The third-order valence-electron chi connectivity index (χ3n) is 10.0. The number of piperazine rings is 1. The highest BCUT2D eigenvalue weighted by atomic mass is 35.5. The minimum absolute atomic E-state index is 0.00409. The fourth-order valence-corrected chi connectivity index (χ4v) is 8.31. The van der Waals surface area contributed by atoms with Crippen molar-refractivity contribution >= 4 is 69.4 Å². The van der Waals surface area contributed by atoms with Crippen LogP contribution in [0.4, 0.5) is 15.9 Å². The number of benzene rings is 3. The van der Waals surface area contributed by atoms with E-state index in [0.29, 0.717) is 85.0 Å². The minimum Gasteiger partial charge on any atom is -0.493 e. The summed E-state index contributed by atoms with van der Waals surface area (Å²) in [6.07, 6.45) is 3.91. The van der Waals surface area contributed by atoms with Crippen LogP contribution in [-0.2, 0) is 20.9 Å². The number of hydrogen-bond acceptors (Lipinski definition) is 11. The van der Waals surface area contributed by atoms with E-state index >= 15 is 0 Å². The molecule has 288 valence electrons. The smallest absolute Gasteiger partial charge is 0.255 e. The number of aromatic nitrogens is 2. The van der Waals surface area contributed by atoms with Gasteiger partial charge in [0.2, 0.25) is 17.7 Å². The fraction of sp³-hybridized carbons (Fsp3) is 0.385. The van der Waals surface area contributed by atoms with E-state index in [-0.39, 0.29) is 29.2 Å². The number of nitrogens with one attached hydrogen (secondary N) is 2. The Kier molecular flexibility index (Phi) is 12.0. The van der Waals surface area contributed by atoms with Crippen molar-refractivity contribution in [3.8, 4) is 11.5 Å². The second kappa shape index (κ2) is 17.2. The number of nitrogens with zero attached hydrogens (tertiary/aromatic N) is 5. The number of anilines is 2. The molecule has 13 nitrogen and oxygen atoms in total. The van der Waals surface area contributed by atoms with Crippen LogP contribution in [0, 0.1) is 5.82 Å². The summed E-state index contributed by atoms with van der Waals surface area (Å²) in [5, 5.41) is 6.24. The normalized spacial score (nSPS) is 17.4. The van der Waals surface area contributed by atoms with Crippen molar-refractivity contribution in [2.45, 2.75) is 49.6 Å². The quantitative estimate of drug-likeness (QED) is 0.0960. The van der Waals surface area contributed by atoms with Crippen LogP contribution in [0.2, 0.25) is 5.02 Å². The van der Waals surface area contributed by atoms with Crippen LogP contribution in [0.3, 0.4) is 0 Å². The number of thioether (sulfide) groups is 1. The van der Waals surface area contributed by atoms with Gasteiger partial charge in [-0.1, -0.05) is 17.7 Å². The van der Waals surface area contributed by atoms with E-state index in [1.807, 2.05) is 23.1 Å². The second-order valence-electron chi connectivity index (χ2n) is 13.6. The lowest BCUT2D eigenvalue weighted by Gasteiger charge is -2.34. The summed E-state index contributed by atoms with van der Waals surface area (Å²) in [6, 6.07) is 12.9. The van der Waals surface area contributed by atoms with Gasteiger partial charge in [0.1, 0.15) is 24.0 Å². The molecule has 55 heavy (non-hydrogen) atoms. The molecule has 2 N–H and O–H groups in total. The van der Waals surface area contributed by atoms with Gasteiger partial charge in [0.05, 0.1) is 24.3 Å². The number of amides is 4. The Labute approximate surface area is 326 Å². The van der Waals surface area contributed by atoms with E-state index in [2.05, 4.69) is 25.5 Å². The summed E-state index contributed by atoms with van der Waals surface area (Å²) in [7, 11) is 1.58. The van der Waals surface area contributed by atoms with Crippen molar-refractivity contribution in [3.05, 3.63) is 76.8 Å². The summed E-state index contributed by atoms with van der Waals surface area (Å²) >= 11 is 7.59. The molecular formula is C39H41ClFN7O6S. The number of carbonyl (C=O) groups is 4. The van der Waals surface area contributed by atoms with E-state index in [1.54, 1.807) is 42.0 Å². The highest BCUT2D eigenvalue weighted by Gasteiger charge is 2.39. The van der Waals surface area contributed by atoms with Crippen molar-refractivity contribution in [2.24, 2.45) is 0 Å². The first-order valence-electron chi connectivity index (χ1n) is 18.3. The fourth-order valence-electron chi connectivity index (χ4n) is 7.09. The SMILES string of the molecule is COc1cc2ncnc(Nc3ccc(F)c(Cl)c3)c2cc1OCCCN1CCN(C(=O)CCCSc2cccc3c2CN(C2CCC(=O)NC2=O)C3=O)CC1. The molecule has 0 bridgehead atoms. The molecule has 3 aromatic carbocycles. The van der Waals surface area contributed by atoms with Crippen molar-refractivity contribution in [3.63, 3.8) is 0 Å². The van der Waals surface area contributed by atoms with Gasteiger partial charge in [-0.25, -0.2) is 14.4 Å². The van der Waals surface area contributed by atoms with Crippen LogP contribution in [0.15, 0.2) is 59.8 Å². The number of carbonyl (C=O) groups excluding carboxylic acids is 4. The molecule has 16 heteroatoms.